The predicted molar refractivity (Wildman–Crippen MR) is 63.8 cm³/mol. The van der Waals surface area contributed by atoms with Gasteiger partial charge in [-0.1, -0.05) is 12.1 Å². The second-order valence-corrected chi connectivity index (χ2v) is 3.66. The summed E-state index contributed by atoms with van der Waals surface area (Å²) in [6.45, 7) is 0.796. The van der Waals surface area contributed by atoms with Crippen molar-refractivity contribution in [2.24, 2.45) is 0 Å². The Kier molecular flexibility index (Phi) is 3.15. The quantitative estimate of drug-likeness (QED) is 0.787. The summed E-state index contributed by atoms with van der Waals surface area (Å²) in [7, 11) is 3.67. The summed E-state index contributed by atoms with van der Waals surface area (Å²) in [5.74, 6) is 1.74. The summed E-state index contributed by atoms with van der Waals surface area (Å²) >= 11 is 0. The molecule has 84 valence electrons. The van der Waals surface area contributed by atoms with Gasteiger partial charge in [-0.3, -0.25) is 0 Å². The van der Waals surface area contributed by atoms with E-state index >= 15 is 0 Å². The topological polar surface area (TPSA) is 25.6 Å². The van der Waals surface area contributed by atoms with Crippen LogP contribution in [0.5, 0.6) is 5.75 Å². The van der Waals surface area contributed by atoms with E-state index in [2.05, 4.69) is 11.0 Å². The molecule has 2 aromatic rings. The average Bonchev–Trinajstić information content (AvgIpc) is 2.83. The van der Waals surface area contributed by atoms with Crippen LogP contribution in [0.25, 0.3) is 0 Å². The van der Waals surface area contributed by atoms with Crippen LogP contribution in [0.3, 0.4) is 0 Å². The highest BCUT2D eigenvalue weighted by molar-refractivity contribution is 5.37. The second-order valence-electron chi connectivity index (χ2n) is 3.66. The summed E-state index contributed by atoms with van der Waals surface area (Å²) in [6, 6.07) is 11.9. The van der Waals surface area contributed by atoms with Crippen LogP contribution < -0.4 is 9.64 Å². The number of ether oxygens (including phenoxy) is 1. The van der Waals surface area contributed by atoms with Gasteiger partial charge in [0.15, 0.2) is 5.88 Å². The van der Waals surface area contributed by atoms with Crippen molar-refractivity contribution in [2.45, 2.75) is 6.54 Å². The Bertz CT molecular complexity index is 437. The van der Waals surface area contributed by atoms with Crippen LogP contribution in [0.15, 0.2) is 47.1 Å². The van der Waals surface area contributed by atoms with E-state index < -0.39 is 0 Å². The molecule has 0 saturated heterocycles. The lowest BCUT2D eigenvalue weighted by Gasteiger charge is -2.16. The zero-order valence-corrected chi connectivity index (χ0v) is 9.51. The van der Waals surface area contributed by atoms with Gasteiger partial charge >= 0.3 is 0 Å². The largest absolute Gasteiger partial charge is 0.497 e. The molecule has 0 atom stereocenters. The highest BCUT2D eigenvalue weighted by Gasteiger charge is 2.04. The van der Waals surface area contributed by atoms with Crippen LogP contribution >= 0.6 is 0 Å². The number of rotatable bonds is 4. The van der Waals surface area contributed by atoms with Crippen LogP contribution in [-0.2, 0) is 6.54 Å². The molecule has 0 amide bonds. The maximum absolute atomic E-state index is 5.32. The van der Waals surface area contributed by atoms with Crippen molar-refractivity contribution in [3.63, 3.8) is 0 Å². The molecule has 1 aromatic carbocycles. The molecular weight excluding hydrogens is 202 g/mol. The summed E-state index contributed by atoms with van der Waals surface area (Å²) in [5, 5.41) is 0. The molecule has 1 aromatic heterocycles. The maximum Gasteiger partial charge on any atom is 0.195 e. The van der Waals surface area contributed by atoms with Crippen molar-refractivity contribution in [2.75, 3.05) is 19.1 Å². The van der Waals surface area contributed by atoms with Gasteiger partial charge in [0, 0.05) is 19.7 Å². The summed E-state index contributed by atoms with van der Waals surface area (Å²) in [6.07, 6.45) is 1.68. The number of furan rings is 1. The minimum Gasteiger partial charge on any atom is -0.497 e. The van der Waals surface area contributed by atoms with Gasteiger partial charge in [0.2, 0.25) is 0 Å². The smallest absolute Gasteiger partial charge is 0.195 e. The molecular formula is C13H15NO2. The van der Waals surface area contributed by atoms with Crippen LogP contribution in [0, 0.1) is 0 Å². The standard InChI is InChI=1S/C13H15NO2/c1-14(13-7-4-8-16-13)10-11-5-3-6-12(9-11)15-2/h3-9H,10H2,1-2H3. The lowest BCUT2D eigenvalue weighted by atomic mass is 10.2. The number of nitrogens with zero attached hydrogens (tertiary/aromatic N) is 1. The van der Waals surface area contributed by atoms with Crippen molar-refractivity contribution in [3.8, 4) is 5.75 Å². The highest BCUT2D eigenvalue weighted by atomic mass is 16.5. The van der Waals surface area contributed by atoms with Crippen molar-refractivity contribution in [3.05, 3.63) is 48.2 Å². The third kappa shape index (κ3) is 2.37. The summed E-state index contributed by atoms with van der Waals surface area (Å²) in [4.78, 5) is 2.05. The predicted octanol–water partition coefficient (Wildman–Crippen LogP) is 2.92. The summed E-state index contributed by atoms with van der Waals surface area (Å²) < 4.78 is 10.5. The molecule has 0 aliphatic carbocycles. The molecule has 0 radical (unpaired) electrons. The van der Waals surface area contributed by atoms with Crippen LogP contribution in [0.1, 0.15) is 5.56 Å². The zero-order valence-electron chi connectivity index (χ0n) is 9.51. The van der Waals surface area contributed by atoms with Crippen LogP contribution in [0.2, 0.25) is 0 Å². The van der Waals surface area contributed by atoms with E-state index in [1.807, 2.05) is 37.4 Å². The third-order valence-corrected chi connectivity index (χ3v) is 2.44. The molecule has 0 aliphatic rings. The first-order valence-electron chi connectivity index (χ1n) is 5.17. The molecule has 3 heteroatoms. The Labute approximate surface area is 95.3 Å². The molecule has 0 N–H and O–H groups in total. The molecule has 1 heterocycles. The number of hydrogen-bond acceptors (Lipinski definition) is 3. The van der Waals surface area contributed by atoms with Gasteiger partial charge in [-0.15, -0.1) is 0 Å². The Hall–Kier alpha value is -1.90. The monoisotopic (exact) mass is 217 g/mol. The lowest BCUT2D eigenvalue weighted by Crippen LogP contribution is -2.15. The van der Waals surface area contributed by atoms with Gasteiger partial charge < -0.3 is 14.1 Å². The lowest BCUT2D eigenvalue weighted by molar-refractivity contribution is 0.414. The van der Waals surface area contributed by atoms with E-state index in [4.69, 9.17) is 9.15 Å². The minimum atomic E-state index is 0.796. The Morgan fingerprint density at radius 2 is 2.12 bits per heavy atom. The Morgan fingerprint density at radius 3 is 2.81 bits per heavy atom. The van der Waals surface area contributed by atoms with E-state index in [0.717, 1.165) is 18.2 Å². The van der Waals surface area contributed by atoms with Gasteiger partial charge in [0.1, 0.15) is 5.75 Å². The van der Waals surface area contributed by atoms with E-state index in [9.17, 15) is 0 Å². The molecule has 0 spiro atoms. The van der Waals surface area contributed by atoms with Crippen molar-refractivity contribution >= 4 is 5.88 Å². The SMILES string of the molecule is COc1cccc(CN(C)c2ccco2)c1. The van der Waals surface area contributed by atoms with E-state index in [1.165, 1.54) is 5.56 Å². The fraction of sp³-hybridized carbons (Fsp3) is 0.231. The third-order valence-electron chi connectivity index (χ3n) is 2.44. The molecule has 3 nitrogen and oxygen atoms in total. The second kappa shape index (κ2) is 4.75. The molecule has 2 rings (SSSR count). The van der Waals surface area contributed by atoms with Gasteiger partial charge in [0.05, 0.1) is 13.4 Å². The van der Waals surface area contributed by atoms with Gasteiger partial charge in [-0.2, -0.15) is 0 Å². The fourth-order valence-electron chi connectivity index (χ4n) is 1.61. The first-order chi connectivity index (χ1) is 7.79. The number of benzene rings is 1. The highest BCUT2D eigenvalue weighted by Crippen LogP contribution is 2.18. The molecule has 0 unspecified atom stereocenters. The fourth-order valence-corrected chi connectivity index (χ4v) is 1.61. The Morgan fingerprint density at radius 1 is 1.25 bits per heavy atom. The van der Waals surface area contributed by atoms with Crippen molar-refractivity contribution in [1.29, 1.82) is 0 Å². The molecule has 0 aliphatic heterocycles. The molecule has 16 heavy (non-hydrogen) atoms. The normalized spacial score (nSPS) is 10.1. The van der Waals surface area contributed by atoms with Gasteiger partial charge in [-0.05, 0) is 23.8 Å². The minimum absolute atomic E-state index is 0.796. The number of methoxy groups -OCH3 is 1. The van der Waals surface area contributed by atoms with Crippen LogP contribution in [-0.4, -0.2) is 14.2 Å². The van der Waals surface area contributed by atoms with E-state index in [1.54, 1.807) is 13.4 Å². The van der Waals surface area contributed by atoms with Crippen LogP contribution in [0.4, 0.5) is 5.88 Å². The molecule has 0 saturated carbocycles. The maximum atomic E-state index is 5.32. The first-order valence-corrected chi connectivity index (χ1v) is 5.17. The first kappa shape index (κ1) is 10.6. The van der Waals surface area contributed by atoms with E-state index in [-0.39, 0.29) is 0 Å². The molecule has 0 bridgehead atoms. The van der Waals surface area contributed by atoms with Crippen molar-refractivity contribution in [1.82, 2.24) is 0 Å². The average molecular weight is 217 g/mol. The summed E-state index contributed by atoms with van der Waals surface area (Å²) in [5.41, 5.74) is 1.19. The van der Waals surface area contributed by atoms with Gasteiger partial charge in [-0.25, -0.2) is 0 Å². The van der Waals surface area contributed by atoms with Gasteiger partial charge in [0.25, 0.3) is 0 Å². The zero-order chi connectivity index (χ0) is 11.4. The number of hydrogen-bond donors (Lipinski definition) is 0. The van der Waals surface area contributed by atoms with Crippen molar-refractivity contribution < 1.29 is 9.15 Å². The Balaban J connectivity index is 2.08. The van der Waals surface area contributed by atoms with E-state index in [0.29, 0.717) is 0 Å². The number of anilines is 1. The molecule has 0 fully saturated rings.